The number of rotatable bonds is 6. The minimum Gasteiger partial charge on any atom is -0.326 e. The molecule has 0 bridgehead atoms. The van der Waals surface area contributed by atoms with Crippen molar-refractivity contribution in [2.75, 3.05) is 6.54 Å². The number of benzene rings is 2. The summed E-state index contributed by atoms with van der Waals surface area (Å²) in [5.41, 5.74) is 9.47. The maximum atomic E-state index is 6.70. The van der Waals surface area contributed by atoms with Gasteiger partial charge in [0, 0.05) is 31.1 Å². The molecule has 2 N–H and O–H groups in total. The van der Waals surface area contributed by atoms with E-state index in [0.29, 0.717) is 12.0 Å². The lowest BCUT2D eigenvalue weighted by atomic mass is 9.90. The highest BCUT2D eigenvalue weighted by Gasteiger charge is 2.39. The van der Waals surface area contributed by atoms with Crippen molar-refractivity contribution in [2.45, 2.75) is 50.7 Å². The Morgan fingerprint density at radius 1 is 1.00 bits per heavy atom. The Labute approximate surface area is 140 Å². The third-order valence-electron chi connectivity index (χ3n) is 5.12. The first-order valence-corrected chi connectivity index (χ1v) is 8.88. The molecule has 1 aliphatic rings. The van der Waals surface area contributed by atoms with E-state index >= 15 is 0 Å². The Bertz CT molecular complexity index is 581. The van der Waals surface area contributed by atoms with Crippen LogP contribution in [0.5, 0.6) is 0 Å². The highest BCUT2D eigenvalue weighted by molar-refractivity contribution is 5.25. The molecule has 0 amide bonds. The molecule has 0 saturated carbocycles. The fourth-order valence-electron chi connectivity index (χ4n) is 3.84. The molecule has 2 aromatic carbocycles. The first-order chi connectivity index (χ1) is 11.3. The van der Waals surface area contributed by atoms with E-state index in [-0.39, 0.29) is 6.04 Å². The van der Waals surface area contributed by atoms with Crippen LogP contribution in [0, 0.1) is 0 Å². The Hall–Kier alpha value is -1.64. The van der Waals surface area contributed by atoms with Gasteiger partial charge in [0.25, 0.3) is 0 Å². The zero-order valence-corrected chi connectivity index (χ0v) is 14.1. The largest absolute Gasteiger partial charge is 0.326 e. The second kappa shape index (κ2) is 7.76. The third kappa shape index (κ3) is 3.82. The number of likely N-dealkylation sites (tertiary alicyclic amines) is 1. The van der Waals surface area contributed by atoms with E-state index in [0.717, 1.165) is 13.1 Å². The summed E-state index contributed by atoms with van der Waals surface area (Å²) < 4.78 is 0. The van der Waals surface area contributed by atoms with Crippen LogP contribution in [0.4, 0.5) is 0 Å². The lowest BCUT2D eigenvalue weighted by Crippen LogP contribution is -2.40. The Morgan fingerprint density at radius 2 is 1.65 bits per heavy atom. The quantitative estimate of drug-likeness (QED) is 0.867. The van der Waals surface area contributed by atoms with Gasteiger partial charge in [-0.15, -0.1) is 0 Å². The summed E-state index contributed by atoms with van der Waals surface area (Å²) >= 11 is 0. The zero-order valence-electron chi connectivity index (χ0n) is 14.1. The molecule has 0 unspecified atom stereocenters. The van der Waals surface area contributed by atoms with Gasteiger partial charge >= 0.3 is 0 Å². The van der Waals surface area contributed by atoms with Crippen LogP contribution in [-0.4, -0.2) is 23.5 Å². The summed E-state index contributed by atoms with van der Waals surface area (Å²) in [6, 6.07) is 22.3. The minimum absolute atomic E-state index is 0.229. The molecule has 23 heavy (non-hydrogen) atoms. The SMILES string of the molecule is CCCC[C@H]1[C@H](N)[C@H](c2ccccc2)CN1Cc1ccccc1. The van der Waals surface area contributed by atoms with E-state index in [1.165, 1.54) is 30.4 Å². The van der Waals surface area contributed by atoms with Gasteiger partial charge in [0.05, 0.1) is 0 Å². The Morgan fingerprint density at radius 3 is 2.30 bits per heavy atom. The monoisotopic (exact) mass is 308 g/mol. The molecule has 3 rings (SSSR count). The molecule has 1 heterocycles. The number of hydrogen-bond donors (Lipinski definition) is 1. The summed E-state index contributed by atoms with van der Waals surface area (Å²) in [5.74, 6) is 0.446. The minimum atomic E-state index is 0.229. The topological polar surface area (TPSA) is 29.3 Å². The van der Waals surface area contributed by atoms with Crippen molar-refractivity contribution in [1.29, 1.82) is 0 Å². The van der Waals surface area contributed by atoms with Crippen LogP contribution in [0.2, 0.25) is 0 Å². The zero-order chi connectivity index (χ0) is 16.1. The highest BCUT2D eigenvalue weighted by Crippen LogP contribution is 2.34. The van der Waals surface area contributed by atoms with Gasteiger partial charge in [-0.05, 0) is 17.5 Å². The van der Waals surface area contributed by atoms with Crippen molar-refractivity contribution in [2.24, 2.45) is 5.73 Å². The van der Waals surface area contributed by atoms with Crippen LogP contribution in [0.1, 0.15) is 43.2 Å². The van der Waals surface area contributed by atoms with Gasteiger partial charge in [-0.25, -0.2) is 0 Å². The molecule has 2 nitrogen and oxygen atoms in total. The van der Waals surface area contributed by atoms with Crippen LogP contribution in [0.3, 0.4) is 0 Å². The van der Waals surface area contributed by atoms with Crippen molar-refractivity contribution >= 4 is 0 Å². The summed E-state index contributed by atoms with van der Waals surface area (Å²) in [4.78, 5) is 2.60. The van der Waals surface area contributed by atoms with Gasteiger partial charge in [-0.1, -0.05) is 80.4 Å². The number of hydrogen-bond acceptors (Lipinski definition) is 2. The van der Waals surface area contributed by atoms with Gasteiger partial charge in [-0.2, -0.15) is 0 Å². The average molecular weight is 308 g/mol. The predicted molar refractivity (Wildman–Crippen MR) is 97.3 cm³/mol. The molecule has 0 aromatic heterocycles. The predicted octanol–water partition coefficient (Wildman–Crippen LogP) is 4.17. The smallest absolute Gasteiger partial charge is 0.0278 e. The highest BCUT2D eigenvalue weighted by atomic mass is 15.2. The molecular weight excluding hydrogens is 280 g/mol. The first kappa shape index (κ1) is 16.2. The van der Waals surface area contributed by atoms with Gasteiger partial charge in [0.2, 0.25) is 0 Å². The van der Waals surface area contributed by atoms with Crippen LogP contribution in [0.15, 0.2) is 60.7 Å². The van der Waals surface area contributed by atoms with E-state index < -0.39 is 0 Å². The molecule has 2 heteroatoms. The molecule has 3 atom stereocenters. The first-order valence-electron chi connectivity index (χ1n) is 8.88. The summed E-state index contributed by atoms with van der Waals surface area (Å²) in [5, 5.41) is 0. The second-order valence-electron chi connectivity index (χ2n) is 6.72. The average Bonchev–Trinajstić information content (AvgIpc) is 2.90. The number of unbranched alkanes of at least 4 members (excludes halogenated alkanes) is 1. The summed E-state index contributed by atoms with van der Waals surface area (Å²) in [7, 11) is 0. The molecule has 0 spiro atoms. The molecule has 1 fully saturated rings. The Balaban J connectivity index is 1.78. The third-order valence-corrected chi connectivity index (χ3v) is 5.12. The maximum Gasteiger partial charge on any atom is 0.0278 e. The molecule has 1 aliphatic heterocycles. The lowest BCUT2D eigenvalue weighted by molar-refractivity contribution is 0.221. The molecule has 0 radical (unpaired) electrons. The van der Waals surface area contributed by atoms with Crippen molar-refractivity contribution in [3.05, 3.63) is 71.8 Å². The fraction of sp³-hybridized carbons (Fsp3) is 0.429. The lowest BCUT2D eigenvalue weighted by Gasteiger charge is -2.26. The summed E-state index contributed by atoms with van der Waals surface area (Å²) in [6.07, 6.45) is 3.69. The molecule has 1 saturated heterocycles. The molecule has 2 aromatic rings. The molecular formula is C21H28N2. The van der Waals surface area contributed by atoms with E-state index in [1.807, 2.05) is 0 Å². The Kier molecular flexibility index (Phi) is 5.47. The standard InChI is InChI=1S/C21H28N2/c1-2-3-14-20-21(22)19(18-12-8-5-9-13-18)16-23(20)15-17-10-6-4-7-11-17/h4-13,19-21H,2-3,14-16,22H2,1H3/t19-,20-,21+/m0/s1. The van der Waals surface area contributed by atoms with Crippen molar-refractivity contribution in [3.8, 4) is 0 Å². The van der Waals surface area contributed by atoms with E-state index in [9.17, 15) is 0 Å². The van der Waals surface area contributed by atoms with E-state index in [1.54, 1.807) is 0 Å². The molecule has 122 valence electrons. The molecule has 0 aliphatic carbocycles. The van der Waals surface area contributed by atoms with Crippen LogP contribution in [0.25, 0.3) is 0 Å². The van der Waals surface area contributed by atoms with Crippen LogP contribution in [-0.2, 0) is 6.54 Å². The van der Waals surface area contributed by atoms with Crippen molar-refractivity contribution < 1.29 is 0 Å². The summed E-state index contributed by atoms with van der Waals surface area (Å²) in [6.45, 7) is 4.33. The van der Waals surface area contributed by atoms with Gasteiger partial charge in [0.15, 0.2) is 0 Å². The van der Waals surface area contributed by atoms with Gasteiger partial charge in [-0.3, -0.25) is 4.90 Å². The van der Waals surface area contributed by atoms with E-state index in [2.05, 4.69) is 72.5 Å². The van der Waals surface area contributed by atoms with Crippen LogP contribution < -0.4 is 5.73 Å². The number of nitrogens with two attached hydrogens (primary N) is 1. The van der Waals surface area contributed by atoms with Crippen molar-refractivity contribution in [3.63, 3.8) is 0 Å². The van der Waals surface area contributed by atoms with Crippen molar-refractivity contribution in [1.82, 2.24) is 4.90 Å². The second-order valence-corrected chi connectivity index (χ2v) is 6.72. The normalized spacial score (nSPS) is 24.9. The van der Waals surface area contributed by atoms with E-state index in [4.69, 9.17) is 5.73 Å². The maximum absolute atomic E-state index is 6.70. The van der Waals surface area contributed by atoms with Crippen LogP contribution >= 0.6 is 0 Å². The number of nitrogens with zero attached hydrogens (tertiary/aromatic N) is 1. The fourth-order valence-corrected chi connectivity index (χ4v) is 3.84. The van der Waals surface area contributed by atoms with Gasteiger partial charge < -0.3 is 5.73 Å². The van der Waals surface area contributed by atoms with Gasteiger partial charge in [0.1, 0.15) is 0 Å².